The van der Waals surface area contributed by atoms with E-state index >= 15 is 0 Å². The van der Waals surface area contributed by atoms with E-state index in [1.807, 2.05) is 20.8 Å². The van der Waals surface area contributed by atoms with E-state index < -0.39 is 0 Å². The van der Waals surface area contributed by atoms with Crippen molar-refractivity contribution in [2.45, 2.75) is 26.2 Å². The second kappa shape index (κ2) is 2.76. The van der Waals surface area contributed by atoms with Crippen LogP contribution in [0.2, 0.25) is 0 Å². The van der Waals surface area contributed by atoms with Crippen LogP contribution in [-0.2, 0) is 5.41 Å². The van der Waals surface area contributed by atoms with E-state index in [4.69, 9.17) is 16.9 Å². The third-order valence-corrected chi connectivity index (χ3v) is 1.73. The highest BCUT2D eigenvalue weighted by Gasteiger charge is 2.19. The van der Waals surface area contributed by atoms with Gasteiger partial charge in [0, 0.05) is 11.5 Å². The van der Waals surface area contributed by atoms with Gasteiger partial charge >= 0.3 is 0 Å². The first-order chi connectivity index (χ1) is 5.82. The lowest BCUT2D eigenvalue weighted by Gasteiger charge is -2.13. The summed E-state index contributed by atoms with van der Waals surface area (Å²) in [5.74, 6) is 0.241. The minimum Gasteiger partial charge on any atom is -0.383 e. The number of rotatable bonds is 0. The Bertz CT molecular complexity index is 331. The van der Waals surface area contributed by atoms with Crippen LogP contribution in [0, 0.1) is 5.41 Å². The summed E-state index contributed by atoms with van der Waals surface area (Å²) < 4.78 is 1.22. The molecule has 72 valence electrons. The van der Waals surface area contributed by atoms with E-state index in [2.05, 4.69) is 5.10 Å². The summed E-state index contributed by atoms with van der Waals surface area (Å²) in [7, 11) is 0. The summed E-state index contributed by atoms with van der Waals surface area (Å²) in [6.07, 6.45) is 0. The summed E-state index contributed by atoms with van der Waals surface area (Å²) >= 11 is 0. The molecule has 5 nitrogen and oxygen atoms in total. The summed E-state index contributed by atoms with van der Waals surface area (Å²) in [6, 6.07) is 1.74. The fourth-order valence-corrected chi connectivity index (χ4v) is 0.955. The highest BCUT2D eigenvalue weighted by atomic mass is 15.4. The van der Waals surface area contributed by atoms with Gasteiger partial charge in [-0.25, -0.2) is 0 Å². The van der Waals surface area contributed by atoms with E-state index in [9.17, 15) is 0 Å². The van der Waals surface area contributed by atoms with E-state index in [-0.39, 0.29) is 11.4 Å². The smallest absolute Gasteiger partial charge is 0.215 e. The lowest BCUT2D eigenvalue weighted by Crippen LogP contribution is -2.24. The molecule has 0 atom stereocenters. The summed E-state index contributed by atoms with van der Waals surface area (Å²) in [5, 5.41) is 11.3. The molecular weight excluding hydrogens is 166 g/mol. The van der Waals surface area contributed by atoms with Crippen LogP contribution >= 0.6 is 0 Å². The Morgan fingerprint density at radius 1 is 1.54 bits per heavy atom. The molecule has 5 heteroatoms. The van der Waals surface area contributed by atoms with E-state index in [1.54, 1.807) is 6.07 Å². The van der Waals surface area contributed by atoms with Gasteiger partial charge < -0.3 is 11.5 Å². The van der Waals surface area contributed by atoms with Crippen LogP contribution in [-0.4, -0.2) is 15.7 Å². The standard InChI is InChI=1S/C8H15N5/c1-8(2,3)5-4-6(9)13(12-5)7(10)11/h4H,9H2,1-3H3,(H3,10,11). The Labute approximate surface area is 77.2 Å². The zero-order chi connectivity index (χ0) is 10.2. The lowest BCUT2D eigenvalue weighted by molar-refractivity contribution is 0.562. The maximum Gasteiger partial charge on any atom is 0.215 e. The highest BCUT2D eigenvalue weighted by molar-refractivity contribution is 5.79. The van der Waals surface area contributed by atoms with Gasteiger partial charge in [-0.1, -0.05) is 20.8 Å². The van der Waals surface area contributed by atoms with E-state index in [1.165, 1.54) is 4.68 Å². The van der Waals surface area contributed by atoms with Crippen molar-refractivity contribution >= 4 is 11.8 Å². The molecule has 0 saturated carbocycles. The zero-order valence-electron chi connectivity index (χ0n) is 8.13. The first-order valence-corrected chi connectivity index (χ1v) is 4.03. The average molecular weight is 181 g/mol. The molecule has 1 rings (SSSR count). The number of anilines is 1. The van der Waals surface area contributed by atoms with Crippen molar-refractivity contribution in [3.63, 3.8) is 0 Å². The molecule has 0 aromatic carbocycles. The Kier molecular flexibility index (Phi) is 2.03. The van der Waals surface area contributed by atoms with Gasteiger partial charge in [0.25, 0.3) is 0 Å². The van der Waals surface area contributed by atoms with Crippen LogP contribution in [0.25, 0.3) is 0 Å². The maximum atomic E-state index is 7.19. The average Bonchev–Trinajstić information content (AvgIpc) is 2.29. The zero-order valence-corrected chi connectivity index (χ0v) is 8.13. The predicted molar refractivity (Wildman–Crippen MR) is 52.7 cm³/mol. The van der Waals surface area contributed by atoms with E-state index in [0.717, 1.165) is 5.69 Å². The molecule has 5 N–H and O–H groups in total. The molecule has 0 aliphatic heterocycles. The van der Waals surface area contributed by atoms with Gasteiger partial charge in [-0.2, -0.15) is 9.78 Å². The molecule has 1 aromatic heterocycles. The predicted octanol–water partition coefficient (Wildman–Crippen LogP) is 0.504. The number of nitrogens with zero attached hydrogens (tertiary/aromatic N) is 2. The topological polar surface area (TPSA) is 93.7 Å². The Balaban J connectivity index is 3.17. The van der Waals surface area contributed by atoms with Crippen LogP contribution in [0.15, 0.2) is 6.07 Å². The monoisotopic (exact) mass is 181 g/mol. The number of nitrogens with two attached hydrogens (primary N) is 2. The SMILES string of the molecule is CC(C)(C)c1cc(N)n(C(=N)N)n1. The van der Waals surface area contributed by atoms with Crippen LogP contribution in [0.1, 0.15) is 26.5 Å². The molecule has 0 fully saturated rings. The van der Waals surface area contributed by atoms with Gasteiger partial charge in [-0.3, -0.25) is 5.41 Å². The normalized spacial score (nSPS) is 11.6. The lowest BCUT2D eigenvalue weighted by atomic mass is 9.92. The molecule has 0 aliphatic rings. The number of nitrogen functional groups attached to an aromatic ring is 2. The second-order valence-electron chi connectivity index (χ2n) is 4.00. The molecule has 0 spiro atoms. The second-order valence-corrected chi connectivity index (χ2v) is 4.00. The van der Waals surface area contributed by atoms with Gasteiger partial charge in [0.1, 0.15) is 5.82 Å². The van der Waals surface area contributed by atoms with E-state index in [0.29, 0.717) is 5.82 Å². The number of hydrogen-bond donors (Lipinski definition) is 3. The van der Waals surface area contributed by atoms with Crippen molar-refractivity contribution in [3.05, 3.63) is 11.8 Å². The minimum absolute atomic E-state index is 0.0746. The first kappa shape index (κ1) is 9.57. The fourth-order valence-electron chi connectivity index (χ4n) is 0.955. The molecule has 1 heterocycles. The third-order valence-electron chi connectivity index (χ3n) is 1.73. The van der Waals surface area contributed by atoms with Crippen molar-refractivity contribution < 1.29 is 0 Å². The van der Waals surface area contributed by atoms with Crippen LogP contribution in [0.5, 0.6) is 0 Å². The van der Waals surface area contributed by atoms with Crippen molar-refractivity contribution in [2.75, 3.05) is 5.73 Å². The molecular formula is C8H15N5. The molecule has 0 bridgehead atoms. The Morgan fingerprint density at radius 3 is 2.31 bits per heavy atom. The van der Waals surface area contributed by atoms with Crippen LogP contribution < -0.4 is 11.5 Å². The Morgan fingerprint density at radius 2 is 2.08 bits per heavy atom. The number of hydrogen-bond acceptors (Lipinski definition) is 3. The Hall–Kier alpha value is -1.52. The van der Waals surface area contributed by atoms with Crippen molar-refractivity contribution in [1.82, 2.24) is 9.78 Å². The van der Waals surface area contributed by atoms with Crippen molar-refractivity contribution in [1.29, 1.82) is 5.41 Å². The van der Waals surface area contributed by atoms with Gasteiger partial charge in [-0.05, 0) is 0 Å². The summed E-state index contributed by atoms with van der Waals surface area (Å²) in [6.45, 7) is 6.08. The van der Waals surface area contributed by atoms with Crippen LogP contribution in [0.4, 0.5) is 5.82 Å². The molecule has 0 radical (unpaired) electrons. The van der Waals surface area contributed by atoms with Gasteiger partial charge in [-0.15, -0.1) is 0 Å². The first-order valence-electron chi connectivity index (χ1n) is 4.03. The molecule has 0 unspecified atom stereocenters. The molecule has 13 heavy (non-hydrogen) atoms. The molecule has 0 saturated heterocycles. The quantitative estimate of drug-likeness (QED) is 0.402. The maximum absolute atomic E-state index is 7.19. The molecule has 0 amide bonds. The highest BCUT2D eigenvalue weighted by Crippen LogP contribution is 2.22. The fraction of sp³-hybridized carbons (Fsp3) is 0.500. The number of nitrogens with one attached hydrogen (secondary N) is 1. The number of aromatic nitrogens is 2. The molecule has 1 aromatic rings. The van der Waals surface area contributed by atoms with Gasteiger partial charge in [0.05, 0.1) is 5.69 Å². The third kappa shape index (κ3) is 1.80. The largest absolute Gasteiger partial charge is 0.383 e. The molecule has 0 aliphatic carbocycles. The van der Waals surface area contributed by atoms with Crippen molar-refractivity contribution in [3.8, 4) is 0 Å². The minimum atomic E-state index is -0.159. The van der Waals surface area contributed by atoms with Gasteiger partial charge in [0.15, 0.2) is 0 Å². The van der Waals surface area contributed by atoms with Crippen molar-refractivity contribution in [2.24, 2.45) is 5.73 Å². The van der Waals surface area contributed by atoms with Crippen LogP contribution in [0.3, 0.4) is 0 Å². The summed E-state index contributed by atoms with van der Waals surface area (Å²) in [4.78, 5) is 0. The summed E-state index contributed by atoms with van der Waals surface area (Å²) in [5.41, 5.74) is 11.7. The van der Waals surface area contributed by atoms with Gasteiger partial charge in [0.2, 0.25) is 5.96 Å².